The molecule has 0 saturated carbocycles. The van der Waals surface area contributed by atoms with E-state index >= 15 is 0 Å². The number of halogens is 3. The van der Waals surface area contributed by atoms with E-state index in [2.05, 4.69) is 5.32 Å². The lowest BCUT2D eigenvalue weighted by atomic mass is 10.3. The molecule has 2 N–H and O–H groups in total. The number of benzene rings is 2. The van der Waals surface area contributed by atoms with Crippen LogP contribution in [0.5, 0.6) is 5.75 Å². The molecule has 2 aromatic carbocycles. The van der Waals surface area contributed by atoms with Crippen molar-refractivity contribution in [3.05, 3.63) is 59.1 Å². The van der Waals surface area contributed by atoms with Crippen molar-refractivity contribution in [3.8, 4) is 5.75 Å². The molecule has 3 nitrogen and oxygen atoms in total. The van der Waals surface area contributed by atoms with E-state index in [-0.39, 0.29) is 24.0 Å². The lowest BCUT2D eigenvalue weighted by molar-refractivity contribution is 0.117. The van der Waals surface area contributed by atoms with Crippen LogP contribution in [0.4, 0.5) is 14.5 Å². The van der Waals surface area contributed by atoms with Gasteiger partial charge in [0.05, 0.1) is 0 Å². The Morgan fingerprint density at radius 3 is 2.48 bits per heavy atom. The van der Waals surface area contributed by atoms with Crippen molar-refractivity contribution in [3.63, 3.8) is 0 Å². The minimum atomic E-state index is -0.808. The van der Waals surface area contributed by atoms with Crippen LogP contribution in [0.3, 0.4) is 0 Å². The summed E-state index contributed by atoms with van der Waals surface area (Å²) in [4.78, 5) is 0. The van der Waals surface area contributed by atoms with Gasteiger partial charge in [-0.15, -0.1) is 0 Å². The summed E-state index contributed by atoms with van der Waals surface area (Å²) in [6.45, 7) is 0.197. The average molecular weight is 314 g/mol. The van der Waals surface area contributed by atoms with E-state index in [1.165, 1.54) is 36.4 Å². The van der Waals surface area contributed by atoms with Crippen molar-refractivity contribution in [2.24, 2.45) is 0 Å². The van der Waals surface area contributed by atoms with Crippen molar-refractivity contribution in [2.45, 2.75) is 6.10 Å². The molecule has 0 bridgehead atoms. The number of anilines is 1. The molecule has 0 heterocycles. The lowest BCUT2D eigenvalue weighted by Gasteiger charge is -2.14. The van der Waals surface area contributed by atoms with Crippen LogP contribution in [0.2, 0.25) is 5.02 Å². The van der Waals surface area contributed by atoms with Gasteiger partial charge in [0, 0.05) is 17.3 Å². The smallest absolute Gasteiger partial charge is 0.126 e. The van der Waals surface area contributed by atoms with Crippen LogP contribution in [-0.2, 0) is 0 Å². The van der Waals surface area contributed by atoms with E-state index in [1.54, 1.807) is 6.07 Å². The molecule has 0 spiro atoms. The van der Waals surface area contributed by atoms with Crippen molar-refractivity contribution < 1.29 is 18.6 Å². The minimum Gasteiger partial charge on any atom is -0.491 e. The molecule has 2 aromatic rings. The van der Waals surface area contributed by atoms with Crippen LogP contribution in [0.25, 0.3) is 0 Å². The molecule has 0 fully saturated rings. The van der Waals surface area contributed by atoms with Gasteiger partial charge in [-0.3, -0.25) is 0 Å². The van der Waals surface area contributed by atoms with Crippen molar-refractivity contribution >= 4 is 17.3 Å². The van der Waals surface area contributed by atoms with E-state index in [9.17, 15) is 13.9 Å². The molecule has 0 aliphatic carbocycles. The summed E-state index contributed by atoms with van der Waals surface area (Å²) in [5.41, 5.74) is 0.473. The van der Waals surface area contributed by atoms with Gasteiger partial charge in [-0.1, -0.05) is 11.6 Å². The Morgan fingerprint density at radius 1 is 1.10 bits per heavy atom. The molecule has 2 rings (SSSR count). The number of hydrogen-bond acceptors (Lipinski definition) is 3. The second-order valence-corrected chi connectivity index (χ2v) is 4.89. The molecule has 0 aliphatic rings. The highest BCUT2D eigenvalue weighted by atomic mass is 35.5. The molecular weight excluding hydrogens is 300 g/mol. The minimum absolute atomic E-state index is 0.0294. The summed E-state index contributed by atoms with van der Waals surface area (Å²) in [7, 11) is 0. The third kappa shape index (κ3) is 5.21. The number of aliphatic hydroxyl groups excluding tert-OH is 1. The van der Waals surface area contributed by atoms with Gasteiger partial charge in [0.25, 0.3) is 0 Å². The topological polar surface area (TPSA) is 41.5 Å². The molecular formula is C15H14ClF2NO2. The SMILES string of the molecule is OC(CNc1cc(F)cc(Cl)c1)COc1ccc(F)cc1. The van der Waals surface area contributed by atoms with Crippen LogP contribution < -0.4 is 10.1 Å². The molecule has 1 unspecified atom stereocenters. The predicted molar refractivity (Wildman–Crippen MR) is 77.8 cm³/mol. The quantitative estimate of drug-likeness (QED) is 0.858. The van der Waals surface area contributed by atoms with Gasteiger partial charge in [-0.2, -0.15) is 0 Å². The Morgan fingerprint density at radius 2 is 1.81 bits per heavy atom. The summed E-state index contributed by atoms with van der Waals surface area (Å²) in [5, 5.41) is 12.9. The zero-order valence-electron chi connectivity index (χ0n) is 11.0. The Balaban J connectivity index is 1.79. The number of aliphatic hydroxyl groups is 1. The predicted octanol–water partition coefficient (Wildman–Crippen LogP) is 3.47. The van der Waals surface area contributed by atoms with Crippen LogP contribution in [-0.4, -0.2) is 24.4 Å². The average Bonchev–Trinajstić information content (AvgIpc) is 2.43. The van der Waals surface area contributed by atoms with E-state index < -0.39 is 11.9 Å². The van der Waals surface area contributed by atoms with Gasteiger partial charge in [-0.05, 0) is 42.5 Å². The second kappa shape index (κ2) is 7.24. The van der Waals surface area contributed by atoms with Gasteiger partial charge in [-0.25, -0.2) is 8.78 Å². The van der Waals surface area contributed by atoms with Crippen LogP contribution in [0, 0.1) is 11.6 Å². The van der Waals surface area contributed by atoms with Gasteiger partial charge in [0.1, 0.15) is 30.1 Å². The summed E-state index contributed by atoms with van der Waals surface area (Å²) in [6, 6.07) is 9.52. The largest absolute Gasteiger partial charge is 0.491 e. The third-order valence-corrected chi connectivity index (χ3v) is 2.88. The molecule has 0 radical (unpaired) electrons. The van der Waals surface area contributed by atoms with Crippen LogP contribution >= 0.6 is 11.6 Å². The summed E-state index contributed by atoms with van der Waals surface area (Å²) >= 11 is 5.72. The zero-order chi connectivity index (χ0) is 15.2. The highest BCUT2D eigenvalue weighted by molar-refractivity contribution is 6.30. The fourth-order valence-corrected chi connectivity index (χ4v) is 1.90. The molecule has 0 aliphatic heterocycles. The Bertz CT molecular complexity index is 572. The lowest BCUT2D eigenvalue weighted by Crippen LogP contribution is -2.26. The maximum atomic E-state index is 13.1. The van der Waals surface area contributed by atoms with Gasteiger partial charge < -0.3 is 15.2 Å². The third-order valence-electron chi connectivity index (χ3n) is 2.66. The monoisotopic (exact) mass is 313 g/mol. The number of hydrogen-bond donors (Lipinski definition) is 2. The first-order valence-electron chi connectivity index (χ1n) is 6.29. The molecule has 0 saturated heterocycles. The number of rotatable bonds is 6. The van der Waals surface area contributed by atoms with Crippen molar-refractivity contribution in [1.82, 2.24) is 0 Å². The normalized spacial score (nSPS) is 12.0. The molecule has 0 aromatic heterocycles. The van der Waals surface area contributed by atoms with E-state index in [0.717, 1.165) is 0 Å². The van der Waals surface area contributed by atoms with Crippen molar-refractivity contribution in [2.75, 3.05) is 18.5 Å². The number of ether oxygens (including phenoxy) is 1. The Hall–Kier alpha value is -1.85. The molecule has 112 valence electrons. The van der Waals surface area contributed by atoms with Crippen molar-refractivity contribution in [1.29, 1.82) is 0 Å². The number of nitrogens with one attached hydrogen (secondary N) is 1. The zero-order valence-corrected chi connectivity index (χ0v) is 11.8. The first kappa shape index (κ1) is 15.5. The van der Waals surface area contributed by atoms with E-state index in [0.29, 0.717) is 11.4 Å². The second-order valence-electron chi connectivity index (χ2n) is 4.46. The Kier molecular flexibility index (Phi) is 5.36. The molecule has 1 atom stereocenters. The molecule has 6 heteroatoms. The summed E-state index contributed by atoms with van der Waals surface area (Å²) in [5.74, 6) is -0.348. The van der Waals surface area contributed by atoms with E-state index in [1.807, 2.05) is 0 Å². The highest BCUT2D eigenvalue weighted by Crippen LogP contribution is 2.18. The fraction of sp³-hybridized carbons (Fsp3) is 0.200. The molecule has 21 heavy (non-hydrogen) atoms. The summed E-state index contributed by atoms with van der Waals surface area (Å²) in [6.07, 6.45) is -0.808. The first-order chi connectivity index (χ1) is 10.0. The van der Waals surface area contributed by atoms with Gasteiger partial charge in [0.15, 0.2) is 0 Å². The van der Waals surface area contributed by atoms with Crippen LogP contribution in [0.1, 0.15) is 0 Å². The maximum absolute atomic E-state index is 13.1. The van der Waals surface area contributed by atoms with Gasteiger partial charge >= 0.3 is 0 Å². The molecule has 0 amide bonds. The summed E-state index contributed by atoms with van der Waals surface area (Å²) < 4.78 is 31.1. The van der Waals surface area contributed by atoms with E-state index in [4.69, 9.17) is 16.3 Å². The highest BCUT2D eigenvalue weighted by Gasteiger charge is 2.06. The maximum Gasteiger partial charge on any atom is 0.126 e. The van der Waals surface area contributed by atoms with Crippen LogP contribution in [0.15, 0.2) is 42.5 Å². The Labute approximate surface area is 126 Å². The van der Waals surface area contributed by atoms with Gasteiger partial charge in [0.2, 0.25) is 0 Å². The fourth-order valence-electron chi connectivity index (χ4n) is 1.67. The standard InChI is InChI=1S/C15H14ClF2NO2/c16-10-5-12(18)7-13(6-10)19-8-14(20)9-21-15-3-1-11(17)2-4-15/h1-7,14,19-20H,8-9H2. The first-order valence-corrected chi connectivity index (χ1v) is 6.67.